The molecule has 31 heavy (non-hydrogen) atoms. The minimum Gasteiger partial charge on any atom is -0.424 e. The number of fused-ring (bicyclic) bond motifs is 1. The van der Waals surface area contributed by atoms with Gasteiger partial charge in [0.25, 0.3) is 0 Å². The van der Waals surface area contributed by atoms with Crippen LogP contribution in [0.15, 0.2) is 40.9 Å². The molecule has 1 aromatic carbocycles. The Morgan fingerprint density at radius 2 is 2.06 bits per heavy atom. The summed E-state index contributed by atoms with van der Waals surface area (Å²) in [7, 11) is 0. The number of aromatic nitrogens is 4. The summed E-state index contributed by atoms with van der Waals surface area (Å²) in [6, 6.07) is 12.4. The van der Waals surface area contributed by atoms with Gasteiger partial charge in [-0.25, -0.2) is 4.98 Å². The molecule has 0 aliphatic heterocycles. The number of thiazole rings is 1. The van der Waals surface area contributed by atoms with Crippen LogP contribution in [-0.2, 0) is 17.6 Å². The van der Waals surface area contributed by atoms with E-state index in [1.165, 1.54) is 0 Å². The second-order valence-corrected chi connectivity index (χ2v) is 9.18. The van der Waals surface area contributed by atoms with Crippen molar-refractivity contribution in [3.8, 4) is 17.3 Å². The maximum atomic E-state index is 12.2. The highest BCUT2D eigenvalue weighted by Crippen LogP contribution is 2.48. The summed E-state index contributed by atoms with van der Waals surface area (Å²) in [6.45, 7) is 2.02. The van der Waals surface area contributed by atoms with Crippen molar-refractivity contribution in [3.63, 3.8) is 0 Å². The zero-order valence-corrected chi connectivity index (χ0v) is 17.8. The molecule has 7 nitrogen and oxygen atoms in total. The number of hydrogen-bond donors (Lipinski definition) is 0. The molecule has 8 heteroatoms. The van der Waals surface area contributed by atoms with E-state index in [-0.39, 0.29) is 18.6 Å². The quantitative estimate of drug-likeness (QED) is 0.427. The van der Waals surface area contributed by atoms with Crippen LogP contribution in [-0.4, -0.2) is 25.9 Å². The molecule has 154 valence electrons. The molecule has 0 amide bonds. The van der Waals surface area contributed by atoms with Crippen molar-refractivity contribution in [3.05, 3.63) is 58.9 Å². The molecule has 0 bridgehead atoms. The molecule has 0 unspecified atom stereocenters. The zero-order chi connectivity index (χ0) is 21.4. The van der Waals surface area contributed by atoms with Gasteiger partial charge in [-0.05, 0) is 43.5 Å². The average molecular weight is 430 g/mol. The van der Waals surface area contributed by atoms with E-state index in [1.807, 2.05) is 37.4 Å². The van der Waals surface area contributed by atoms with Crippen LogP contribution >= 0.6 is 11.3 Å². The minimum atomic E-state index is -0.451. The SMILES string of the molecule is Cc1ccc(-c2ccc3nc(Cc4nnc(CC(=O)CC5(C#N)CC5)o4)sc3c2)nc1. The summed E-state index contributed by atoms with van der Waals surface area (Å²) in [5, 5.41) is 18.1. The highest BCUT2D eigenvalue weighted by Gasteiger charge is 2.44. The second kappa shape index (κ2) is 7.67. The third kappa shape index (κ3) is 4.23. The monoisotopic (exact) mass is 429 g/mol. The molecule has 1 aliphatic rings. The maximum absolute atomic E-state index is 12.2. The molecule has 0 N–H and O–H groups in total. The third-order valence-electron chi connectivity index (χ3n) is 5.43. The summed E-state index contributed by atoms with van der Waals surface area (Å²) in [5.41, 5.74) is 3.57. The van der Waals surface area contributed by atoms with E-state index >= 15 is 0 Å². The van der Waals surface area contributed by atoms with E-state index in [9.17, 15) is 4.79 Å². The zero-order valence-electron chi connectivity index (χ0n) is 17.0. The smallest absolute Gasteiger partial charge is 0.223 e. The number of Topliss-reactive ketones (excluding diaryl/α,β-unsaturated/α-hetero) is 1. The molecular weight excluding hydrogens is 410 g/mol. The molecule has 0 saturated heterocycles. The Labute approximate surface area is 182 Å². The van der Waals surface area contributed by atoms with Crippen LogP contribution in [0.2, 0.25) is 0 Å². The van der Waals surface area contributed by atoms with Crippen molar-refractivity contribution in [1.82, 2.24) is 20.2 Å². The fourth-order valence-corrected chi connectivity index (χ4v) is 4.49. The van der Waals surface area contributed by atoms with Gasteiger partial charge in [-0.1, -0.05) is 12.1 Å². The Morgan fingerprint density at radius 3 is 2.81 bits per heavy atom. The molecule has 3 aromatic heterocycles. The van der Waals surface area contributed by atoms with Gasteiger partial charge in [0, 0.05) is 18.2 Å². The van der Waals surface area contributed by atoms with Crippen LogP contribution in [0.1, 0.15) is 41.6 Å². The van der Waals surface area contributed by atoms with Crippen LogP contribution in [0.3, 0.4) is 0 Å². The first kappa shape index (κ1) is 19.5. The highest BCUT2D eigenvalue weighted by atomic mass is 32.1. The third-order valence-corrected chi connectivity index (χ3v) is 6.44. The molecular formula is C23H19N5O2S. The first-order chi connectivity index (χ1) is 15.0. The van der Waals surface area contributed by atoms with Gasteiger partial charge in [-0.3, -0.25) is 9.78 Å². The molecule has 0 radical (unpaired) electrons. The van der Waals surface area contributed by atoms with E-state index in [4.69, 9.17) is 9.68 Å². The summed E-state index contributed by atoms with van der Waals surface area (Å²) >= 11 is 1.58. The predicted octanol–water partition coefficient (Wildman–Crippen LogP) is 4.45. The fourth-order valence-electron chi connectivity index (χ4n) is 3.49. The molecule has 0 atom stereocenters. The predicted molar refractivity (Wildman–Crippen MR) is 115 cm³/mol. The van der Waals surface area contributed by atoms with E-state index in [0.717, 1.165) is 44.9 Å². The van der Waals surface area contributed by atoms with E-state index < -0.39 is 5.41 Å². The number of carbonyl (C=O) groups is 1. The lowest BCUT2D eigenvalue weighted by atomic mass is 10.00. The Morgan fingerprint density at radius 1 is 1.23 bits per heavy atom. The molecule has 3 heterocycles. The van der Waals surface area contributed by atoms with Crippen LogP contribution in [0, 0.1) is 23.7 Å². The number of aryl methyl sites for hydroxylation is 1. The lowest BCUT2D eigenvalue weighted by molar-refractivity contribution is -0.119. The van der Waals surface area contributed by atoms with Gasteiger partial charge in [-0.2, -0.15) is 5.26 Å². The number of nitrogens with zero attached hydrogens (tertiary/aromatic N) is 5. The van der Waals surface area contributed by atoms with Crippen molar-refractivity contribution in [2.75, 3.05) is 0 Å². The summed E-state index contributed by atoms with van der Waals surface area (Å²) < 4.78 is 6.72. The second-order valence-electron chi connectivity index (χ2n) is 8.06. The average Bonchev–Trinajstić information content (AvgIpc) is 3.20. The normalized spacial score (nSPS) is 14.5. The topological polar surface area (TPSA) is 106 Å². The molecule has 1 fully saturated rings. The summed E-state index contributed by atoms with van der Waals surface area (Å²) in [4.78, 5) is 21.3. The largest absolute Gasteiger partial charge is 0.424 e. The number of carbonyl (C=O) groups excluding carboxylic acids is 1. The standard InChI is InChI=1S/C23H19N5O2S/c1-14-2-4-17(25-12-14)15-3-5-18-19(8-15)31-22(26-18)10-21-28-27-20(30-21)9-16(29)11-23(13-24)6-7-23/h2-5,8,12H,6-7,9-11H2,1H3. The number of ketones is 1. The Hall–Kier alpha value is -3.44. The number of rotatable bonds is 7. The van der Waals surface area contributed by atoms with Gasteiger partial charge in [0.2, 0.25) is 11.8 Å². The van der Waals surface area contributed by atoms with Crippen molar-refractivity contribution in [2.45, 2.75) is 39.0 Å². The van der Waals surface area contributed by atoms with Crippen LogP contribution < -0.4 is 0 Å². The van der Waals surface area contributed by atoms with Gasteiger partial charge < -0.3 is 4.42 Å². The maximum Gasteiger partial charge on any atom is 0.223 e. The molecule has 1 saturated carbocycles. The van der Waals surface area contributed by atoms with Gasteiger partial charge in [0.05, 0.1) is 40.2 Å². The Kier molecular flexibility index (Phi) is 4.83. The van der Waals surface area contributed by atoms with Gasteiger partial charge in [0.1, 0.15) is 10.8 Å². The van der Waals surface area contributed by atoms with Crippen LogP contribution in [0.4, 0.5) is 0 Å². The van der Waals surface area contributed by atoms with Crippen molar-refractivity contribution < 1.29 is 9.21 Å². The fraction of sp³-hybridized carbons (Fsp3) is 0.304. The number of nitriles is 1. The van der Waals surface area contributed by atoms with E-state index in [2.05, 4.69) is 32.3 Å². The lowest BCUT2D eigenvalue weighted by Crippen LogP contribution is -2.10. The lowest BCUT2D eigenvalue weighted by Gasteiger charge is -2.01. The Bertz CT molecular complexity index is 1310. The minimum absolute atomic E-state index is 0.0357. The van der Waals surface area contributed by atoms with Gasteiger partial charge >= 0.3 is 0 Å². The number of pyridine rings is 1. The van der Waals surface area contributed by atoms with E-state index in [0.29, 0.717) is 18.2 Å². The summed E-state index contributed by atoms with van der Waals surface area (Å²) in [5.74, 6) is 0.692. The van der Waals surface area contributed by atoms with Gasteiger partial charge in [-0.15, -0.1) is 21.5 Å². The van der Waals surface area contributed by atoms with Crippen LogP contribution in [0.25, 0.3) is 21.5 Å². The van der Waals surface area contributed by atoms with E-state index in [1.54, 1.807) is 11.3 Å². The van der Waals surface area contributed by atoms with Crippen molar-refractivity contribution in [1.29, 1.82) is 5.26 Å². The highest BCUT2D eigenvalue weighted by molar-refractivity contribution is 7.18. The molecule has 1 aliphatic carbocycles. The first-order valence-electron chi connectivity index (χ1n) is 10.1. The van der Waals surface area contributed by atoms with Gasteiger partial charge in [0.15, 0.2) is 0 Å². The van der Waals surface area contributed by atoms with Crippen molar-refractivity contribution >= 4 is 27.3 Å². The molecule has 5 rings (SSSR count). The van der Waals surface area contributed by atoms with Crippen molar-refractivity contribution in [2.24, 2.45) is 5.41 Å². The first-order valence-corrected chi connectivity index (χ1v) is 10.9. The Balaban J connectivity index is 1.28. The summed E-state index contributed by atoms with van der Waals surface area (Å²) in [6.07, 6.45) is 4.20. The number of hydrogen-bond acceptors (Lipinski definition) is 8. The molecule has 0 spiro atoms. The molecule has 4 aromatic rings. The number of benzene rings is 1. The van der Waals surface area contributed by atoms with Crippen LogP contribution in [0.5, 0.6) is 0 Å².